The van der Waals surface area contributed by atoms with Gasteiger partial charge in [-0.15, -0.1) is 0 Å². The monoisotopic (exact) mass is 255 g/mol. The van der Waals surface area contributed by atoms with E-state index >= 15 is 0 Å². The molecule has 0 bridgehead atoms. The van der Waals surface area contributed by atoms with Gasteiger partial charge in [0, 0.05) is 6.04 Å². The molecule has 0 saturated heterocycles. The minimum atomic E-state index is -0.559. The first kappa shape index (κ1) is 13.8. The van der Waals surface area contributed by atoms with E-state index in [0.29, 0.717) is 10.8 Å². The zero-order valence-corrected chi connectivity index (χ0v) is 11.3. The summed E-state index contributed by atoms with van der Waals surface area (Å²) in [6.45, 7) is 7.47. The second-order valence-corrected chi connectivity index (χ2v) is 4.76. The highest BCUT2D eigenvalue weighted by molar-refractivity contribution is 6.32. The van der Waals surface area contributed by atoms with Crippen molar-refractivity contribution < 1.29 is 9.53 Å². The van der Waals surface area contributed by atoms with E-state index in [1.54, 1.807) is 13.0 Å². The van der Waals surface area contributed by atoms with E-state index in [0.717, 1.165) is 5.56 Å². The highest BCUT2D eigenvalue weighted by Crippen LogP contribution is 2.26. The molecule has 94 valence electrons. The molecule has 1 aromatic rings. The average Bonchev–Trinajstić information content (AvgIpc) is 2.22. The van der Waals surface area contributed by atoms with Gasteiger partial charge in [-0.25, -0.2) is 0 Å². The molecule has 1 amide bonds. The normalized spacial score (nSPS) is 12.4. The van der Waals surface area contributed by atoms with Crippen LogP contribution in [0.25, 0.3) is 0 Å². The highest BCUT2D eigenvalue weighted by Gasteiger charge is 2.16. The maximum Gasteiger partial charge on any atom is 0.260 e. The van der Waals surface area contributed by atoms with Crippen molar-refractivity contribution >= 4 is 17.5 Å². The van der Waals surface area contributed by atoms with E-state index in [9.17, 15) is 4.79 Å². The van der Waals surface area contributed by atoms with Crippen LogP contribution in [-0.2, 0) is 4.79 Å². The lowest BCUT2D eigenvalue weighted by molar-refractivity contribution is -0.127. The van der Waals surface area contributed by atoms with Crippen LogP contribution in [0.1, 0.15) is 26.3 Å². The molecule has 1 unspecified atom stereocenters. The number of ether oxygens (including phenoxy) is 1. The van der Waals surface area contributed by atoms with Gasteiger partial charge >= 0.3 is 0 Å². The summed E-state index contributed by atoms with van der Waals surface area (Å²) in [5, 5.41) is 3.30. The van der Waals surface area contributed by atoms with Gasteiger partial charge in [-0.2, -0.15) is 0 Å². The fourth-order valence-electron chi connectivity index (χ4n) is 1.35. The summed E-state index contributed by atoms with van der Waals surface area (Å²) in [7, 11) is 0. The lowest BCUT2D eigenvalue weighted by atomic mass is 10.2. The van der Waals surface area contributed by atoms with Crippen LogP contribution < -0.4 is 10.1 Å². The van der Waals surface area contributed by atoms with Crippen molar-refractivity contribution in [2.75, 3.05) is 0 Å². The van der Waals surface area contributed by atoms with Gasteiger partial charge in [0.15, 0.2) is 6.10 Å². The van der Waals surface area contributed by atoms with Crippen LogP contribution in [0, 0.1) is 6.92 Å². The highest BCUT2D eigenvalue weighted by atomic mass is 35.5. The Hall–Kier alpha value is -1.22. The molecule has 0 radical (unpaired) electrons. The Balaban J connectivity index is 2.70. The number of rotatable bonds is 4. The molecule has 0 heterocycles. The summed E-state index contributed by atoms with van der Waals surface area (Å²) < 4.78 is 5.54. The van der Waals surface area contributed by atoms with Crippen molar-refractivity contribution in [3.05, 3.63) is 28.8 Å². The number of hydrogen-bond donors (Lipinski definition) is 1. The molecule has 17 heavy (non-hydrogen) atoms. The molecule has 1 atom stereocenters. The first-order valence-electron chi connectivity index (χ1n) is 5.63. The second kappa shape index (κ2) is 5.92. The molecule has 0 saturated carbocycles. The largest absolute Gasteiger partial charge is 0.479 e. The topological polar surface area (TPSA) is 38.3 Å². The number of amides is 1. The first-order valence-corrected chi connectivity index (χ1v) is 6.01. The van der Waals surface area contributed by atoms with Crippen LogP contribution >= 0.6 is 11.6 Å². The van der Waals surface area contributed by atoms with Gasteiger partial charge in [0.05, 0.1) is 5.02 Å². The van der Waals surface area contributed by atoms with E-state index in [1.165, 1.54) is 0 Å². The van der Waals surface area contributed by atoms with Gasteiger partial charge in [-0.05, 0) is 45.4 Å². The summed E-state index contributed by atoms with van der Waals surface area (Å²) in [6, 6.07) is 5.58. The summed E-state index contributed by atoms with van der Waals surface area (Å²) in [6.07, 6.45) is -0.559. The number of hydrogen-bond acceptors (Lipinski definition) is 2. The smallest absolute Gasteiger partial charge is 0.260 e. The summed E-state index contributed by atoms with van der Waals surface area (Å²) in [5.41, 5.74) is 1.04. The Morgan fingerprint density at radius 2 is 2.00 bits per heavy atom. The number of carbonyl (C=O) groups excluding carboxylic acids is 1. The van der Waals surface area contributed by atoms with E-state index in [-0.39, 0.29) is 11.9 Å². The van der Waals surface area contributed by atoms with Crippen LogP contribution in [0.5, 0.6) is 5.75 Å². The maximum absolute atomic E-state index is 11.7. The van der Waals surface area contributed by atoms with E-state index < -0.39 is 6.10 Å². The first-order chi connectivity index (χ1) is 7.90. The third-order valence-corrected chi connectivity index (χ3v) is 2.50. The molecule has 0 aliphatic rings. The van der Waals surface area contributed by atoms with Crippen LogP contribution in [0.15, 0.2) is 18.2 Å². The Labute approximate surface area is 107 Å². The molecule has 0 aromatic heterocycles. The van der Waals surface area contributed by atoms with Gasteiger partial charge < -0.3 is 10.1 Å². The standard InChI is InChI=1S/C13H18ClNO2/c1-8(2)15-13(16)10(4)17-12-7-9(3)5-6-11(12)14/h5-8,10H,1-4H3,(H,15,16). The van der Waals surface area contributed by atoms with Crippen molar-refractivity contribution in [2.24, 2.45) is 0 Å². The zero-order chi connectivity index (χ0) is 13.0. The summed E-state index contributed by atoms with van der Waals surface area (Å²) in [4.78, 5) is 11.7. The van der Waals surface area contributed by atoms with Crippen molar-refractivity contribution in [2.45, 2.75) is 39.8 Å². The third kappa shape index (κ3) is 4.27. The quantitative estimate of drug-likeness (QED) is 0.898. The van der Waals surface area contributed by atoms with Crippen molar-refractivity contribution in [1.82, 2.24) is 5.32 Å². The predicted octanol–water partition coefficient (Wildman–Crippen LogP) is 2.94. The molecule has 1 aromatic carbocycles. The van der Waals surface area contributed by atoms with Crippen LogP contribution in [0.3, 0.4) is 0 Å². The van der Waals surface area contributed by atoms with E-state index in [2.05, 4.69) is 5.32 Å². The average molecular weight is 256 g/mol. The van der Waals surface area contributed by atoms with Crippen LogP contribution in [-0.4, -0.2) is 18.1 Å². The maximum atomic E-state index is 11.7. The fraction of sp³-hybridized carbons (Fsp3) is 0.462. The van der Waals surface area contributed by atoms with Crippen LogP contribution in [0.4, 0.5) is 0 Å². The van der Waals surface area contributed by atoms with Crippen molar-refractivity contribution in [3.63, 3.8) is 0 Å². The Kier molecular flexibility index (Phi) is 4.82. The number of benzene rings is 1. The lowest BCUT2D eigenvalue weighted by Crippen LogP contribution is -2.40. The number of carbonyl (C=O) groups is 1. The van der Waals surface area contributed by atoms with E-state index in [4.69, 9.17) is 16.3 Å². The Morgan fingerprint density at radius 1 is 1.35 bits per heavy atom. The molecule has 0 aliphatic carbocycles. The third-order valence-electron chi connectivity index (χ3n) is 2.19. The van der Waals surface area contributed by atoms with Gasteiger partial charge in [-0.3, -0.25) is 4.79 Å². The molecule has 0 spiro atoms. The summed E-state index contributed by atoms with van der Waals surface area (Å²) in [5.74, 6) is 0.399. The minimum absolute atomic E-state index is 0.0986. The predicted molar refractivity (Wildman–Crippen MR) is 69.6 cm³/mol. The fourth-order valence-corrected chi connectivity index (χ4v) is 1.51. The molecule has 3 nitrogen and oxygen atoms in total. The Bertz CT molecular complexity index is 404. The van der Waals surface area contributed by atoms with Gasteiger partial charge in [-0.1, -0.05) is 17.7 Å². The lowest BCUT2D eigenvalue weighted by Gasteiger charge is -2.17. The molecule has 4 heteroatoms. The van der Waals surface area contributed by atoms with E-state index in [1.807, 2.05) is 32.9 Å². The number of aryl methyl sites for hydroxylation is 1. The minimum Gasteiger partial charge on any atom is -0.479 e. The molecule has 0 fully saturated rings. The Morgan fingerprint density at radius 3 is 2.59 bits per heavy atom. The van der Waals surface area contributed by atoms with Gasteiger partial charge in [0.25, 0.3) is 5.91 Å². The second-order valence-electron chi connectivity index (χ2n) is 4.36. The number of halogens is 1. The molecule has 0 aliphatic heterocycles. The van der Waals surface area contributed by atoms with Crippen LogP contribution in [0.2, 0.25) is 5.02 Å². The SMILES string of the molecule is Cc1ccc(Cl)c(OC(C)C(=O)NC(C)C)c1. The summed E-state index contributed by atoms with van der Waals surface area (Å²) >= 11 is 5.99. The molecular weight excluding hydrogens is 238 g/mol. The molecular formula is C13H18ClNO2. The van der Waals surface area contributed by atoms with Gasteiger partial charge in [0.1, 0.15) is 5.75 Å². The zero-order valence-electron chi connectivity index (χ0n) is 10.6. The molecule has 1 N–H and O–H groups in total. The number of nitrogens with one attached hydrogen (secondary N) is 1. The van der Waals surface area contributed by atoms with Gasteiger partial charge in [0.2, 0.25) is 0 Å². The van der Waals surface area contributed by atoms with Crippen molar-refractivity contribution in [3.8, 4) is 5.75 Å². The molecule has 1 rings (SSSR count). The van der Waals surface area contributed by atoms with Crippen molar-refractivity contribution in [1.29, 1.82) is 0 Å².